The Morgan fingerprint density at radius 1 is 0.824 bits per heavy atom. The van der Waals surface area contributed by atoms with Crippen LogP contribution in [-0.2, 0) is 18.3 Å². The van der Waals surface area contributed by atoms with Gasteiger partial charge in [0.1, 0.15) is 0 Å². The van der Waals surface area contributed by atoms with Crippen LogP contribution in [0.15, 0.2) is 0 Å². The van der Waals surface area contributed by atoms with Gasteiger partial charge in [0.15, 0.2) is 6.29 Å². The van der Waals surface area contributed by atoms with Crippen molar-refractivity contribution in [3.8, 4) is 0 Å². The average molecular weight is 264 g/mol. The second-order valence-corrected chi connectivity index (χ2v) is 5.71. The molecule has 0 saturated carbocycles. The van der Waals surface area contributed by atoms with E-state index < -0.39 is 9.28 Å². The van der Waals surface area contributed by atoms with Crippen molar-refractivity contribution in [1.29, 1.82) is 0 Å². The number of ether oxygens (including phenoxy) is 2. The maximum Gasteiger partial charge on any atom is 0.321 e. The molecule has 0 aliphatic heterocycles. The van der Waals surface area contributed by atoms with Gasteiger partial charge in [-0.05, 0) is 46.6 Å². The summed E-state index contributed by atoms with van der Waals surface area (Å²) in [5.74, 6) is 0. The third kappa shape index (κ3) is 9.73. The molecule has 0 fully saturated rings. The van der Waals surface area contributed by atoms with Crippen LogP contribution in [0.2, 0.25) is 6.04 Å². The molecule has 17 heavy (non-hydrogen) atoms. The summed E-state index contributed by atoms with van der Waals surface area (Å²) in [5.41, 5.74) is 0. The molecule has 0 aromatic rings. The number of hydrogen-bond acceptors (Lipinski definition) is 4. The lowest BCUT2D eigenvalue weighted by Crippen LogP contribution is -2.24. The molecule has 0 N–H and O–H groups in total. The lowest BCUT2D eigenvalue weighted by Gasteiger charge is -2.18. The van der Waals surface area contributed by atoms with Gasteiger partial charge in [0, 0.05) is 26.4 Å². The molecule has 0 bridgehead atoms. The Bertz CT molecular complexity index is 129. The van der Waals surface area contributed by atoms with Gasteiger partial charge in [0.05, 0.1) is 0 Å². The first-order valence-electron chi connectivity index (χ1n) is 6.74. The highest BCUT2D eigenvalue weighted by Gasteiger charge is 2.14. The first-order valence-corrected chi connectivity index (χ1v) is 8.50. The maximum atomic E-state index is 5.62. The van der Waals surface area contributed by atoms with Crippen molar-refractivity contribution in [2.75, 3.05) is 26.4 Å². The van der Waals surface area contributed by atoms with Crippen LogP contribution in [-0.4, -0.2) is 42.0 Å². The average Bonchev–Trinajstić information content (AvgIpc) is 2.30. The minimum Gasteiger partial charge on any atom is -0.397 e. The lowest BCUT2D eigenvalue weighted by molar-refractivity contribution is -0.139. The Morgan fingerprint density at radius 3 is 1.76 bits per heavy atom. The summed E-state index contributed by atoms with van der Waals surface area (Å²) >= 11 is 0. The van der Waals surface area contributed by atoms with E-state index in [-0.39, 0.29) is 6.29 Å². The van der Waals surface area contributed by atoms with Crippen LogP contribution < -0.4 is 0 Å². The molecule has 0 aliphatic rings. The van der Waals surface area contributed by atoms with Crippen LogP contribution >= 0.6 is 0 Å². The minimum atomic E-state index is -1.44. The molecule has 0 saturated heterocycles. The Balaban J connectivity index is 3.73. The Morgan fingerprint density at radius 2 is 1.35 bits per heavy atom. The fourth-order valence-electron chi connectivity index (χ4n) is 1.62. The zero-order chi connectivity index (χ0) is 12.9. The molecule has 0 radical (unpaired) electrons. The van der Waals surface area contributed by atoms with Crippen molar-refractivity contribution >= 4 is 9.28 Å². The molecule has 0 unspecified atom stereocenters. The standard InChI is InChI=1S/C12H28O4Si/c1-5-13-12(14-6-2)10-9-11-17(15-7-3)16-8-4/h12,17H,5-11H2,1-4H3. The van der Waals surface area contributed by atoms with Crippen molar-refractivity contribution in [1.82, 2.24) is 0 Å². The molecular weight excluding hydrogens is 236 g/mol. The van der Waals surface area contributed by atoms with E-state index >= 15 is 0 Å². The number of rotatable bonds is 12. The van der Waals surface area contributed by atoms with Gasteiger partial charge < -0.3 is 18.3 Å². The largest absolute Gasteiger partial charge is 0.397 e. The predicted octanol–water partition coefficient (Wildman–Crippen LogP) is 2.46. The summed E-state index contributed by atoms with van der Waals surface area (Å²) in [6.07, 6.45) is 1.90. The zero-order valence-electron chi connectivity index (χ0n) is 11.7. The summed E-state index contributed by atoms with van der Waals surface area (Å²) in [6, 6.07) is 1.03. The van der Waals surface area contributed by atoms with E-state index in [9.17, 15) is 0 Å². The van der Waals surface area contributed by atoms with Gasteiger partial charge in [-0.25, -0.2) is 0 Å². The molecule has 5 heteroatoms. The van der Waals surface area contributed by atoms with Crippen molar-refractivity contribution in [3.63, 3.8) is 0 Å². The van der Waals surface area contributed by atoms with Crippen LogP contribution in [0.3, 0.4) is 0 Å². The Kier molecular flexibility index (Phi) is 12.6. The van der Waals surface area contributed by atoms with Crippen LogP contribution in [0.25, 0.3) is 0 Å². The molecule has 4 nitrogen and oxygen atoms in total. The molecule has 0 heterocycles. The minimum absolute atomic E-state index is 0.0668. The van der Waals surface area contributed by atoms with E-state index in [1.807, 2.05) is 27.7 Å². The smallest absolute Gasteiger partial charge is 0.321 e. The van der Waals surface area contributed by atoms with Gasteiger partial charge in [-0.15, -0.1) is 0 Å². The molecule has 0 atom stereocenters. The monoisotopic (exact) mass is 264 g/mol. The van der Waals surface area contributed by atoms with Gasteiger partial charge >= 0.3 is 9.28 Å². The second-order valence-electron chi connectivity index (χ2n) is 3.61. The van der Waals surface area contributed by atoms with Crippen LogP contribution in [0.1, 0.15) is 40.5 Å². The summed E-state index contributed by atoms with van der Waals surface area (Å²) in [6.45, 7) is 10.9. The quantitative estimate of drug-likeness (QED) is 0.401. The van der Waals surface area contributed by atoms with Gasteiger partial charge in [-0.1, -0.05) is 0 Å². The van der Waals surface area contributed by atoms with Crippen molar-refractivity contribution < 1.29 is 18.3 Å². The molecule has 104 valence electrons. The van der Waals surface area contributed by atoms with Crippen molar-refractivity contribution in [2.45, 2.75) is 52.9 Å². The molecule has 0 aromatic heterocycles. The summed E-state index contributed by atoms with van der Waals surface area (Å²) < 4.78 is 22.2. The van der Waals surface area contributed by atoms with E-state index in [1.54, 1.807) is 0 Å². The van der Waals surface area contributed by atoms with Crippen molar-refractivity contribution in [2.24, 2.45) is 0 Å². The molecule has 0 aromatic carbocycles. The number of hydrogen-bond donors (Lipinski definition) is 0. The summed E-state index contributed by atoms with van der Waals surface area (Å²) in [5, 5.41) is 0. The molecular formula is C12H28O4Si. The normalized spacial score (nSPS) is 11.6. The third-order valence-corrected chi connectivity index (χ3v) is 4.58. The zero-order valence-corrected chi connectivity index (χ0v) is 12.9. The Labute approximate surface area is 107 Å². The first-order chi connectivity index (χ1) is 8.28. The molecule has 0 spiro atoms. The van der Waals surface area contributed by atoms with Gasteiger partial charge in [0.25, 0.3) is 0 Å². The van der Waals surface area contributed by atoms with E-state index in [2.05, 4.69) is 0 Å². The molecule has 0 amide bonds. The summed E-state index contributed by atoms with van der Waals surface area (Å²) in [4.78, 5) is 0. The van der Waals surface area contributed by atoms with Crippen LogP contribution in [0.5, 0.6) is 0 Å². The highest BCUT2D eigenvalue weighted by molar-refractivity contribution is 6.44. The van der Waals surface area contributed by atoms with Gasteiger partial charge in [0.2, 0.25) is 0 Å². The highest BCUT2D eigenvalue weighted by Crippen LogP contribution is 2.10. The van der Waals surface area contributed by atoms with Crippen LogP contribution in [0.4, 0.5) is 0 Å². The van der Waals surface area contributed by atoms with E-state index in [0.29, 0.717) is 13.2 Å². The van der Waals surface area contributed by atoms with Crippen LogP contribution in [0, 0.1) is 0 Å². The summed E-state index contributed by atoms with van der Waals surface area (Å²) in [7, 11) is -1.44. The SMILES string of the molecule is CCOC(CCC[SiH](OCC)OCC)OCC. The molecule has 0 aliphatic carbocycles. The molecule has 0 rings (SSSR count). The Hall–Kier alpha value is 0.0569. The fraction of sp³-hybridized carbons (Fsp3) is 1.00. The first kappa shape index (κ1) is 17.1. The lowest BCUT2D eigenvalue weighted by atomic mass is 10.3. The third-order valence-electron chi connectivity index (χ3n) is 2.29. The van der Waals surface area contributed by atoms with E-state index in [4.69, 9.17) is 18.3 Å². The van der Waals surface area contributed by atoms with Gasteiger partial charge in [-0.2, -0.15) is 0 Å². The topological polar surface area (TPSA) is 36.9 Å². The van der Waals surface area contributed by atoms with E-state index in [0.717, 1.165) is 32.1 Å². The van der Waals surface area contributed by atoms with E-state index in [1.165, 1.54) is 0 Å². The fourth-order valence-corrected chi connectivity index (χ4v) is 3.37. The van der Waals surface area contributed by atoms with Crippen molar-refractivity contribution in [3.05, 3.63) is 0 Å². The predicted molar refractivity (Wildman–Crippen MR) is 71.5 cm³/mol. The van der Waals surface area contributed by atoms with Gasteiger partial charge in [-0.3, -0.25) is 0 Å². The maximum absolute atomic E-state index is 5.62. The highest BCUT2D eigenvalue weighted by atomic mass is 28.3. The second kappa shape index (κ2) is 12.5.